The van der Waals surface area contributed by atoms with Gasteiger partial charge in [0.25, 0.3) is 0 Å². The van der Waals surface area contributed by atoms with Crippen molar-refractivity contribution < 1.29 is 10.2 Å². The Kier molecular flexibility index (Phi) is 4.66. The van der Waals surface area contributed by atoms with Gasteiger partial charge in [-0.2, -0.15) is 0 Å². The lowest BCUT2D eigenvalue weighted by molar-refractivity contribution is 0.405. The van der Waals surface area contributed by atoms with Crippen molar-refractivity contribution in [2.24, 2.45) is 0 Å². The molecular formula is C15H20ClNO2. The molecule has 0 heterocycles. The van der Waals surface area contributed by atoms with Gasteiger partial charge < -0.3 is 15.5 Å². The number of phenols is 2. The summed E-state index contributed by atoms with van der Waals surface area (Å²) in [6, 6.07) is 9.16. The summed E-state index contributed by atoms with van der Waals surface area (Å²) in [4.78, 5) is 0. The molecule has 0 saturated heterocycles. The van der Waals surface area contributed by atoms with Gasteiger partial charge in [-0.1, -0.05) is 12.1 Å². The first kappa shape index (κ1) is 15.6. The number of nitrogens with one attached hydrogen (secondary N) is 1. The molecule has 0 fully saturated rings. The highest BCUT2D eigenvalue weighted by Gasteiger charge is 2.09. The van der Waals surface area contributed by atoms with Crippen molar-refractivity contribution in [1.29, 1.82) is 0 Å². The van der Waals surface area contributed by atoms with E-state index in [-0.39, 0.29) is 29.4 Å². The molecule has 104 valence electrons. The molecule has 0 aliphatic heterocycles. The van der Waals surface area contributed by atoms with Crippen molar-refractivity contribution in [3.63, 3.8) is 0 Å². The Morgan fingerprint density at radius 1 is 0.947 bits per heavy atom. The third kappa shape index (κ3) is 4.01. The molecule has 3 nitrogen and oxygen atoms in total. The molecule has 0 amide bonds. The van der Waals surface area contributed by atoms with Crippen molar-refractivity contribution in [2.75, 3.05) is 0 Å². The highest BCUT2D eigenvalue weighted by atomic mass is 35.5. The number of hydrogen-bond donors (Lipinski definition) is 3. The van der Waals surface area contributed by atoms with E-state index in [2.05, 4.69) is 26.1 Å². The van der Waals surface area contributed by atoms with E-state index in [1.807, 2.05) is 18.2 Å². The van der Waals surface area contributed by atoms with Crippen molar-refractivity contribution in [3.05, 3.63) is 35.9 Å². The molecule has 0 aliphatic carbocycles. The molecule has 2 rings (SSSR count). The fourth-order valence-corrected chi connectivity index (χ4v) is 1.80. The monoisotopic (exact) mass is 281 g/mol. The van der Waals surface area contributed by atoms with Gasteiger partial charge in [-0.15, -0.1) is 12.4 Å². The molecule has 0 unspecified atom stereocenters. The molecule has 0 saturated carbocycles. The number of halogens is 1. The second kappa shape index (κ2) is 5.68. The molecule has 0 aromatic heterocycles. The van der Waals surface area contributed by atoms with Gasteiger partial charge >= 0.3 is 0 Å². The minimum atomic E-state index is -0.0805. The van der Waals surface area contributed by atoms with Gasteiger partial charge in [0.05, 0.1) is 0 Å². The Morgan fingerprint density at radius 2 is 1.53 bits per heavy atom. The van der Waals surface area contributed by atoms with E-state index in [4.69, 9.17) is 0 Å². The van der Waals surface area contributed by atoms with E-state index < -0.39 is 0 Å². The molecule has 0 aliphatic rings. The first-order valence-corrected chi connectivity index (χ1v) is 6.05. The van der Waals surface area contributed by atoms with Crippen LogP contribution in [0.25, 0.3) is 10.8 Å². The topological polar surface area (TPSA) is 52.5 Å². The van der Waals surface area contributed by atoms with Crippen molar-refractivity contribution in [1.82, 2.24) is 5.32 Å². The Balaban J connectivity index is 0.00000180. The summed E-state index contributed by atoms with van der Waals surface area (Å²) < 4.78 is 0. The maximum atomic E-state index is 9.50. The van der Waals surface area contributed by atoms with Crippen LogP contribution in [0.1, 0.15) is 26.3 Å². The van der Waals surface area contributed by atoms with Gasteiger partial charge in [-0.05, 0) is 55.3 Å². The number of hydrogen-bond acceptors (Lipinski definition) is 3. The molecular weight excluding hydrogens is 262 g/mol. The van der Waals surface area contributed by atoms with Gasteiger partial charge in [0, 0.05) is 12.1 Å². The zero-order chi connectivity index (χ0) is 13.3. The lowest BCUT2D eigenvalue weighted by atomic mass is 10.0. The summed E-state index contributed by atoms with van der Waals surface area (Å²) in [6.45, 7) is 7.15. The lowest BCUT2D eigenvalue weighted by Crippen LogP contribution is -2.35. The van der Waals surface area contributed by atoms with Crippen LogP contribution in [0.2, 0.25) is 0 Å². The number of fused-ring (bicyclic) bond motifs is 1. The second-order valence-corrected chi connectivity index (χ2v) is 5.63. The van der Waals surface area contributed by atoms with Gasteiger partial charge in [-0.25, -0.2) is 0 Å². The van der Waals surface area contributed by atoms with E-state index in [9.17, 15) is 10.2 Å². The van der Waals surface area contributed by atoms with Crippen molar-refractivity contribution in [3.8, 4) is 11.5 Å². The Morgan fingerprint density at radius 3 is 2.11 bits per heavy atom. The van der Waals surface area contributed by atoms with Crippen LogP contribution in [-0.4, -0.2) is 15.8 Å². The largest absolute Gasteiger partial charge is 0.504 e. The predicted octanol–water partition coefficient (Wildman–Crippen LogP) is 3.56. The van der Waals surface area contributed by atoms with Crippen LogP contribution >= 0.6 is 12.4 Å². The summed E-state index contributed by atoms with van der Waals surface area (Å²) in [5, 5.41) is 24.2. The number of aromatic hydroxyl groups is 2. The molecule has 4 heteroatoms. The zero-order valence-electron chi connectivity index (χ0n) is 11.4. The van der Waals surface area contributed by atoms with Crippen LogP contribution in [0.3, 0.4) is 0 Å². The van der Waals surface area contributed by atoms with Gasteiger partial charge in [-0.3, -0.25) is 0 Å². The number of phenolic OH excluding ortho intramolecular Hbond substituents is 2. The first-order valence-electron chi connectivity index (χ1n) is 6.05. The summed E-state index contributed by atoms with van der Waals surface area (Å²) >= 11 is 0. The first-order chi connectivity index (χ1) is 8.35. The Bertz CT molecular complexity index is 576. The minimum Gasteiger partial charge on any atom is -0.504 e. The smallest absolute Gasteiger partial charge is 0.158 e. The summed E-state index contributed by atoms with van der Waals surface area (Å²) in [5.74, 6) is -0.161. The third-order valence-electron chi connectivity index (χ3n) is 2.82. The average Bonchev–Trinajstić information content (AvgIpc) is 2.27. The van der Waals surface area contributed by atoms with E-state index in [1.54, 1.807) is 12.1 Å². The summed E-state index contributed by atoms with van der Waals surface area (Å²) in [5.41, 5.74) is 1.23. The maximum absolute atomic E-state index is 9.50. The molecule has 2 aromatic rings. The van der Waals surface area contributed by atoms with Crippen LogP contribution in [0.5, 0.6) is 11.5 Å². The van der Waals surface area contributed by atoms with Crippen LogP contribution in [0, 0.1) is 0 Å². The predicted molar refractivity (Wildman–Crippen MR) is 81.1 cm³/mol. The van der Waals surface area contributed by atoms with Crippen molar-refractivity contribution in [2.45, 2.75) is 32.9 Å². The van der Waals surface area contributed by atoms with Crippen LogP contribution in [0.15, 0.2) is 30.3 Å². The van der Waals surface area contributed by atoms with E-state index in [0.29, 0.717) is 0 Å². The molecule has 19 heavy (non-hydrogen) atoms. The fraction of sp³-hybridized carbons (Fsp3) is 0.333. The highest BCUT2D eigenvalue weighted by Crippen LogP contribution is 2.30. The highest BCUT2D eigenvalue weighted by molar-refractivity contribution is 5.86. The average molecular weight is 282 g/mol. The second-order valence-electron chi connectivity index (χ2n) is 5.63. The molecule has 0 bridgehead atoms. The standard InChI is InChI=1S/C15H19NO2.ClH/c1-15(2,3)16-9-10-4-5-11-7-13(17)14(18)8-12(11)6-10;/h4-8,16-18H,9H2,1-3H3;1H. The maximum Gasteiger partial charge on any atom is 0.158 e. The lowest BCUT2D eigenvalue weighted by Gasteiger charge is -2.20. The normalized spacial score (nSPS) is 11.3. The van der Waals surface area contributed by atoms with E-state index in [1.165, 1.54) is 0 Å². The quantitative estimate of drug-likeness (QED) is 0.738. The van der Waals surface area contributed by atoms with Crippen molar-refractivity contribution >= 4 is 23.2 Å². The summed E-state index contributed by atoms with van der Waals surface area (Å²) in [6.07, 6.45) is 0. The Hall–Kier alpha value is -1.45. The molecule has 2 aromatic carbocycles. The van der Waals surface area contributed by atoms with E-state index >= 15 is 0 Å². The SMILES string of the molecule is CC(C)(C)NCc1ccc2cc(O)c(O)cc2c1.Cl. The molecule has 3 N–H and O–H groups in total. The fourth-order valence-electron chi connectivity index (χ4n) is 1.80. The van der Waals surface area contributed by atoms with E-state index in [0.717, 1.165) is 22.9 Å². The van der Waals surface area contributed by atoms with Crippen LogP contribution < -0.4 is 5.32 Å². The number of rotatable bonds is 2. The molecule has 0 atom stereocenters. The van der Waals surface area contributed by atoms with Crippen LogP contribution in [0.4, 0.5) is 0 Å². The van der Waals surface area contributed by atoms with Gasteiger partial charge in [0.1, 0.15) is 0 Å². The van der Waals surface area contributed by atoms with Crippen LogP contribution in [-0.2, 0) is 6.54 Å². The Labute approximate surface area is 119 Å². The zero-order valence-corrected chi connectivity index (χ0v) is 12.2. The third-order valence-corrected chi connectivity index (χ3v) is 2.82. The molecule has 0 spiro atoms. The van der Waals surface area contributed by atoms with Gasteiger partial charge in [0.2, 0.25) is 0 Å². The summed E-state index contributed by atoms with van der Waals surface area (Å²) in [7, 11) is 0. The number of benzene rings is 2. The van der Waals surface area contributed by atoms with Gasteiger partial charge in [0.15, 0.2) is 11.5 Å². The molecule has 0 radical (unpaired) electrons. The minimum absolute atomic E-state index is 0.